The van der Waals surface area contributed by atoms with Crippen molar-refractivity contribution in [1.82, 2.24) is 5.32 Å². The fourth-order valence-corrected chi connectivity index (χ4v) is 2.64. The van der Waals surface area contributed by atoms with E-state index in [2.05, 4.69) is 10.5 Å². The van der Waals surface area contributed by atoms with Gasteiger partial charge in [-0.2, -0.15) is 0 Å². The molecule has 0 aliphatic carbocycles. The number of carbonyl (C=O) groups excluding carboxylic acids is 2. The zero-order valence-corrected chi connectivity index (χ0v) is 13.2. The smallest absolute Gasteiger partial charge is 0.310 e. The van der Waals surface area contributed by atoms with Crippen LogP contribution in [0.1, 0.15) is 30.9 Å². The molecule has 1 N–H and O–H groups in total. The third kappa shape index (κ3) is 3.61. The van der Waals surface area contributed by atoms with Crippen LogP contribution in [0, 0.1) is 5.82 Å². The maximum absolute atomic E-state index is 14.4. The Morgan fingerprint density at radius 2 is 2.29 bits per heavy atom. The van der Waals surface area contributed by atoms with Gasteiger partial charge in [0.2, 0.25) is 5.91 Å². The number of hydrogen-bond acceptors (Lipinski definition) is 5. The largest absolute Gasteiger partial charge is 0.461 e. The highest BCUT2D eigenvalue weighted by molar-refractivity contribution is 6.01. The Balaban J connectivity index is 1.70. The minimum Gasteiger partial charge on any atom is -0.461 e. The maximum atomic E-state index is 14.4. The second-order valence-corrected chi connectivity index (χ2v) is 5.69. The Hall–Kier alpha value is -2.70. The van der Waals surface area contributed by atoms with E-state index in [9.17, 15) is 14.0 Å². The minimum absolute atomic E-state index is 0.0686. The lowest BCUT2D eigenvalue weighted by atomic mass is 9.97. The van der Waals surface area contributed by atoms with Gasteiger partial charge in [-0.15, -0.1) is 0 Å². The Morgan fingerprint density at radius 3 is 3.00 bits per heavy atom. The molecule has 1 unspecified atom stereocenters. The summed E-state index contributed by atoms with van der Waals surface area (Å²) in [6, 6.07) is 4.78. The summed E-state index contributed by atoms with van der Waals surface area (Å²) in [5, 5.41) is 6.64. The first kappa shape index (κ1) is 16.2. The predicted molar refractivity (Wildman–Crippen MR) is 84.7 cm³/mol. The van der Waals surface area contributed by atoms with E-state index in [1.54, 1.807) is 18.2 Å². The molecule has 0 radical (unpaired) electrons. The molecule has 2 heterocycles. The number of cyclic esters (lactones) is 1. The number of ether oxygens (including phenoxy) is 1. The van der Waals surface area contributed by atoms with Gasteiger partial charge in [-0.1, -0.05) is 17.3 Å². The van der Waals surface area contributed by atoms with Crippen molar-refractivity contribution in [2.45, 2.75) is 25.9 Å². The number of amides is 1. The molecule has 3 rings (SSSR count). The van der Waals surface area contributed by atoms with Crippen molar-refractivity contribution in [3.8, 4) is 0 Å². The van der Waals surface area contributed by atoms with Crippen molar-refractivity contribution in [2.75, 3.05) is 13.2 Å². The Morgan fingerprint density at radius 1 is 1.46 bits per heavy atom. The van der Waals surface area contributed by atoms with Crippen molar-refractivity contribution in [1.29, 1.82) is 0 Å². The van der Waals surface area contributed by atoms with Crippen LogP contribution in [0.25, 0.3) is 5.57 Å². The van der Waals surface area contributed by atoms with Gasteiger partial charge in [0.25, 0.3) is 0 Å². The van der Waals surface area contributed by atoms with E-state index in [1.807, 2.05) is 0 Å². The molecular formula is C17H17FN2O4. The van der Waals surface area contributed by atoms with Gasteiger partial charge < -0.3 is 14.9 Å². The number of nitrogens with zero attached hydrogens (tertiary/aromatic N) is 1. The van der Waals surface area contributed by atoms with Crippen molar-refractivity contribution >= 4 is 23.2 Å². The number of esters is 1. The first-order valence-corrected chi connectivity index (χ1v) is 7.65. The van der Waals surface area contributed by atoms with Crippen LogP contribution in [-0.2, 0) is 19.2 Å². The second kappa shape index (κ2) is 6.82. The first-order valence-electron chi connectivity index (χ1n) is 7.65. The molecule has 1 aromatic rings. The van der Waals surface area contributed by atoms with Gasteiger partial charge in [0.15, 0.2) is 0 Å². The van der Waals surface area contributed by atoms with E-state index in [-0.39, 0.29) is 31.0 Å². The Kier molecular flexibility index (Phi) is 4.59. The fourth-order valence-electron chi connectivity index (χ4n) is 2.64. The minimum atomic E-state index is -0.415. The van der Waals surface area contributed by atoms with E-state index in [0.717, 1.165) is 0 Å². The fraction of sp³-hybridized carbons (Fsp3) is 0.353. The van der Waals surface area contributed by atoms with Crippen molar-refractivity contribution in [2.24, 2.45) is 5.16 Å². The van der Waals surface area contributed by atoms with E-state index in [4.69, 9.17) is 9.57 Å². The Bertz CT molecular complexity index is 742. The quantitative estimate of drug-likeness (QED) is 0.853. The van der Waals surface area contributed by atoms with Crippen molar-refractivity contribution < 1.29 is 23.6 Å². The van der Waals surface area contributed by atoms with Crippen molar-refractivity contribution in [3.05, 3.63) is 41.2 Å². The third-order valence-electron chi connectivity index (χ3n) is 3.87. The molecule has 0 fully saturated rings. The predicted octanol–water partition coefficient (Wildman–Crippen LogP) is 1.79. The van der Waals surface area contributed by atoms with E-state index in [0.29, 0.717) is 35.4 Å². The lowest BCUT2D eigenvalue weighted by Crippen LogP contribution is -2.30. The molecular weight excluding hydrogens is 315 g/mol. The molecule has 7 heteroatoms. The molecule has 2 aliphatic rings. The zero-order valence-electron chi connectivity index (χ0n) is 13.2. The van der Waals surface area contributed by atoms with Gasteiger partial charge >= 0.3 is 5.97 Å². The molecule has 24 heavy (non-hydrogen) atoms. The number of nitrogens with one attached hydrogen (secondary N) is 1. The van der Waals surface area contributed by atoms with Gasteiger partial charge in [0, 0.05) is 24.5 Å². The molecule has 1 atom stereocenters. The third-order valence-corrected chi connectivity index (χ3v) is 3.87. The highest BCUT2D eigenvalue weighted by Gasteiger charge is 2.24. The summed E-state index contributed by atoms with van der Waals surface area (Å²) < 4.78 is 19.2. The highest BCUT2D eigenvalue weighted by Crippen LogP contribution is 2.26. The SMILES string of the molecule is CC(=O)NCC1CC(c2ccc(C3=CCOC(=O)C3)c(F)c2)=NO1. The summed E-state index contributed by atoms with van der Waals surface area (Å²) in [6.45, 7) is 1.96. The summed E-state index contributed by atoms with van der Waals surface area (Å²) in [7, 11) is 0. The number of benzene rings is 1. The number of rotatable bonds is 4. The van der Waals surface area contributed by atoms with Crippen LogP contribution in [0.2, 0.25) is 0 Å². The van der Waals surface area contributed by atoms with Crippen LogP contribution in [0.3, 0.4) is 0 Å². The molecule has 0 aromatic heterocycles. The van der Waals surface area contributed by atoms with Crippen LogP contribution in [-0.4, -0.2) is 36.8 Å². The molecule has 6 nitrogen and oxygen atoms in total. The molecule has 126 valence electrons. The van der Waals surface area contributed by atoms with Gasteiger partial charge in [0.05, 0.1) is 18.7 Å². The monoisotopic (exact) mass is 332 g/mol. The second-order valence-electron chi connectivity index (χ2n) is 5.69. The maximum Gasteiger partial charge on any atom is 0.310 e. The average Bonchev–Trinajstić information content (AvgIpc) is 3.02. The average molecular weight is 332 g/mol. The van der Waals surface area contributed by atoms with Gasteiger partial charge in [-0.3, -0.25) is 9.59 Å². The van der Waals surface area contributed by atoms with Gasteiger partial charge in [-0.25, -0.2) is 4.39 Å². The number of halogens is 1. The molecule has 0 saturated carbocycles. The summed E-state index contributed by atoms with van der Waals surface area (Å²) in [5.41, 5.74) is 2.28. The van der Waals surface area contributed by atoms with Gasteiger partial charge in [-0.05, 0) is 17.7 Å². The molecule has 0 spiro atoms. The van der Waals surface area contributed by atoms with Crippen molar-refractivity contribution in [3.63, 3.8) is 0 Å². The summed E-state index contributed by atoms with van der Waals surface area (Å²) >= 11 is 0. The number of hydrogen-bond donors (Lipinski definition) is 1. The van der Waals surface area contributed by atoms with Crippen LogP contribution >= 0.6 is 0 Å². The Labute approximate surface area is 138 Å². The molecule has 2 aliphatic heterocycles. The molecule has 1 aromatic carbocycles. The van der Waals surface area contributed by atoms with E-state index >= 15 is 0 Å². The lowest BCUT2D eigenvalue weighted by Gasteiger charge is -2.14. The normalized spacial score (nSPS) is 19.9. The molecule has 0 bridgehead atoms. The summed E-state index contributed by atoms with van der Waals surface area (Å²) in [6.07, 6.45) is 2.02. The molecule has 0 saturated heterocycles. The lowest BCUT2D eigenvalue weighted by molar-refractivity contribution is -0.141. The van der Waals surface area contributed by atoms with E-state index in [1.165, 1.54) is 13.0 Å². The van der Waals surface area contributed by atoms with Crippen LogP contribution in [0.4, 0.5) is 4.39 Å². The summed E-state index contributed by atoms with van der Waals surface area (Å²) in [4.78, 5) is 27.5. The number of oxime groups is 1. The standard InChI is InChI=1S/C17H17FN2O4/c1-10(21)19-9-13-8-16(20-24-13)12-2-3-14(15(18)6-12)11-4-5-23-17(22)7-11/h2-4,6,13H,5,7-9H2,1H3,(H,19,21). The first-order chi connectivity index (χ1) is 11.5. The summed E-state index contributed by atoms with van der Waals surface area (Å²) in [5.74, 6) is -0.909. The van der Waals surface area contributed by atoms with Crippen LogP contribution < -0.4 is 5.32 Å². The van der Waals surface area contributed by atoms with Crippen LogP contribution in [0.15, 0.2) is 29.4 Å². The zero-order chi connectivity index (χ0) is 17.1. The topological polar surface area (TPSA) is 77.0 Å². The number of carbonyl (C=O) groups is 2. The van der Waals surface area contributed by atoms with Crippen LogP contribution in [0.5, 0.6) is 0 Å². The highest BCUT2D eigenvalue weighted by atomic mass is 19.1. The van der Waals surface area contributed by atoms with Gasteiger partial charge in [0.1, 0.15) is 18.5 Å². The van der Waals surface area contributed by atoms with E-state index < -0.39 is 5.82 Å². The molecule has 1 amide bonds.